The molecule has 3 aromatic rings. The number of hydrogen-bond donors (Lipinski definition) is 2. The fraction of sp³-hybridized carbons (Fsp3) is 0.111. The van der Waals surface area contributed by atoms with Gasteiger partial charge in [-0.3, -0.25) is 9.56 Å². The Kier molecular flexibility index (Phi) is 3.46. The molecule has 0 saturated carbocycles. The highest BCUT2D eigenvalue weighted by Gasteiger charge is 2.19. The van der Waals surface area contributed by atoms with Crippen molar-refractivity contribution in [1.29, 1.82) is 0 Å². The number of nitrogens with zero attached hydrogens (tertiary/aromatic N) is 2. The van der Waals surface area contributed by atoms with Gasteiger partial charge in [-0.05, 0) is 43.4 Å². The van der Waals surface area contributed by atoms with Crippen LogP contribution in [-0.4, -0.2) is 20.4 Å². The molecule has 3 heterocycles. The zero-order chi connectivity index (χ0) is 16.7. The highest BCUT2D eigenvalue weighted by molar-refractivity contribution is 7.71. The molecular formula is C18H15N3O2S. The Labute approximate surface area is 143 Å². The largest absolute Gasteiger partial charge is 0.493 e. The summed E-state index contributed by atoms with van der Waals surface area (Å²) in [6.07, 6.45) is 3.48. The summed E-state index contributed by atoms with van der Waals surface area (Å²) in [7, 11) is 0. The van der Waals surface area contributed by atoms with E-state index >= 15 is 0 Å². The number of H-pyrrole nitrogens is 1. The smallest absolute Gasteiger partial charge is 0.218 e. The van der Waals surface area contributed by atoms with E-state index in [0.29, 0.717) is 17.0 Å². The number of allylic oxidation sites excluding steroid dienone is 1. The van der Waals surface area contributed by atoms with E-state index in [0.717, 1.165) is 28.3 Å². The molecule has 0 aliphatic carbocycles. The summed E-state index contributed by atoms with van der Waals surface area (Å²) in [5, 5.41) is 10.5. The number of para-hydroxylation sites is 1. The van der Waals surface area contributed by atoms with Crippen LogP contribution in [0.25, 0.3) is 11.6 Å². The van der Waals surface area contributed by atoms with Gasteiger partial charge in [0.1, 0.15) is 11.5 Å². The lowest BCUT2D eigenvalue weighted by Crippen LogP contribution is -1.97. The lowest BCUT2D eigenvalue weighted by atomic mass is 10.0. The Hall–Kier alpha value is -2.86. The Balaban J connectivity index is 1.76. The average Bonchev–Trinajstić information content (AvgIpc) is 3.25. The van der Waals surface area contributed by atoms with E-state index in [1.807, 2.05) is 43.3 Å². The van der Waals surface area contributed by atoms with Gasteiger partial charge in [0.15, 0.2) is 4.77 Å². The van der Waals surface area contributed by atoms with Crippen molar-refractivity contribution in [3.8, 4) is 5.88 Å². The van der Waals surface area contributed by atoms with Crippen LogP contribution in [-0.2, 0) is 6.54 Å². The number of hydrogen-bond acceptors (Lipinski definition) is 4. The van der Waals surface area contributed by atoms with Crippen molar-refractivity contribution in [3.63, 3.8) is 0 Å². The van der Waals surface area contributed by atoms with E-state index in [4.69, 9.17) is 16.6 Å². The summed E-state index contributed by atoms with van der Waals surface area (Å²) < 4.78 is 7.37. The number of aromatic nitrogens is 2. The summed E-state index contributed by atoms with van der Waals surface area (Å²) in [5.74, 6) is 0.810. The van der Waals surface area contributed by atoms with Crippen LogP contribution < -0.4 is 0 Å². The van der Waals surface area contributed by atoms with Crippen molar-refractivity contribution in [2.24, 2.45) is 4.99 Å². The highest BCUT2D eigenvalue weighted by atomic mass is 32.1. The first-order valence-corrected chi connectivity index (χ1v) is 7.95. The third-order valence-electron chi connectivity index (χ3n) is 4.04. The zero-order valence-electron chi connectivity index (χ0n) is 13.0. The number of rotatable bonds is 3. The first-order chi connectivity index (χ1) is 11.6. The van der Waals surface area contributed by atoms with Crippen molar-refractivity contribution in [2.45, 2.75) is 13.5 Å². The summed E-state index contributed by atoms with van der Waals surface area (Å²) >= 11 is 5.33. The van der Waals surface area contributed by atoms with Crippen LogP contribution in [0.15, 0.2) is 52.1 Å². The van der Waals surface area contributed by atoms with Crippen molar-refractivity contribution >= 4 is 35.3 Å². The standard InChI is InChI=1S/C18H15N3O2S/c1-11-14(13-6-2-3-7-15(13)19-11)9-16-17(22)21(18(24)20-16)10-12-5-4-8-23-12/h2-9,22H,10H2,1H3,(H,20,24)/b14-9+. The molecule has 0 atom stereocenters. The molecule has 5 nitrogen and oxygen atoms in total. The normalized spacial score (nSPS) is 14.9. The molecule has 24 heavy (non-hydrogen) atoms. The molecule has 2 aromatic heterocycles. The molecule has 2 N–H and O–H groups in total. The molecule has 0 amide bonds. The van der Waals surface area contributed by atoms with E-state index in [-0.39, 0.29) is 5.88 Å². The van der Waals surface area contributed by atoms with Gasteiger partial charge in [0, 0.05) is 16.8 Å². The molecule has 0 unspecified atom stereocenters. The molecule has 0 bridgehead atoms. The fourth-order valence-electron chi connectivity index (χ4n) is 2.85. The number of imidazole rings is 1. The number of fused-ring (bicyclic) bond motifs is 1. The molecule has 0 spiro atoms. The quantitative estimate of drug-likeness (QED) is 0.690. The van der Waals surface area contributed by atoms with Gasteiger partial charge in [-0.25, -0.2) is 0 Å². The molecule has 1 aliphatic rings. The molecule has 0 saturated heterocycles. The van der Waals surface area contributed by atoms with Crippen molar-refractivity contribution in [3.05, 3.63) is 64.5 Å². The number of furan rings is 1. The van der Waals surface area contributed by atoms with Crippen LogP contribution in [0.4, 0.5) is 5.69 Å². The summed E-state index contributed by atoms with van der Waals surface area (Å²) in [6, 6.07) is 11.6. The van der Waals surface area contributed by atoms with E-state index in [9.17, 15) is 5.11 Å². The maximum absolute atomic E-state index is 10.5. The maximum atomic E-state index is 10.5. The molecule has 6 heteroatoms. The van der Waals surface area contributed by atoms with Crippen LogP contribution in [0.3, 0.4) is 0 Å². The minimum absolute atomic E-state index is 0.0843. The van der Waals surface area contributed by atoms with Gasteiger partial charge in [-0.2, -0.15) is 0 Å². The number of aromatic amines is 1. The van der Waals surface area contributed by atoms with E-state index in [1.165, 1.54) is 0 Å². The second-order valence-electron chi connectivity index (χ2n) is 5.61. The SMILES string of the molecule is CC1=Nc2ccccc2/C1=C/c1[nH]c(=S)n(Cc2ccco2)c1O. The van der Waals surface area contributed by atoms with E-state index in [2.05, 4.69) is 9.98 Å². The Morgan fingerprint density at radius 1 is 1.29 bits per heavy atom. The third kappa shape index (κ3) is 2.41. The van der Waals surface area contributed by atoms with E-state index < -0.39 is 0 Å². The Morgan fingerprint density at radius 2 is 2.12 bits per heavy atom. The first kappa shape index (κ1) is 14.7. The molecule has 120 valence electrons. The van der Waals surface area contributed by atoms with Gasteiger partial charge in [0.05, 0.1) is 18.5 Å². The average molecular weight is 337 g/mol. The van der Waals surface area contributed by atoms with E-state index in [1.54, 1.807) is 16.9 Å². The zero-order valence-corrected chi connectivity index (χ0v) is 13.8. The monoisotopic (exact) mass is 337 g/mol. The van der Waals surface area contributed by atoms with Gasteiger partial charge in [-0.15, -0.1) is 0 Å². The molecule has 4 rings (SSSR count). The predicted molar refractivity (Wildman–Crippen MR) is 96.2 cm³/mol. The molecule has 1 aromatic carbocycles. The van der Waals surface area contributed by atoms with Crippen molar-refractivity contribution < 1.29 is 9.52 Å². The van der Waals surface area contributed by atoms with Gasteiger partial charge >= 0.3 is 0 Å². The molecular weight excluding hydrogens is 322 g/mol. The minimum Gasteiger partial charge on any atom is -0.493 e. The van der Waals surface area contributed by atoms with Gasteiger partial charge < -0.3 is 14.5 Å². The number of aliphatic imine (C=N–C) groups is 1. The van der Waals surface area contributed by atoms with Crippen LogP contribution in [0, 0.1) is 4.77 Å². The summed E-state index contributed by atoms with van der Waals surface area (Å²) in [5.41, 5.74) is 4.44. The molecule has 0 radical (unpaired) electrons. The lowest BCUT2D eigenvalue weighted by Gasteiger charge is -2.03. The van der Waals surface area contributed by atoms with Crippen LogP contribution in [0.1, 0.15) is 23.9 Å². The maximum Gasteiger partial charge on any atom is 0.218 e. The summed E-state index contributed by atoms with van der Waals surface area (Å²) in [6.45, 7) is 2.33. The Morgan fingerprint density at radius 3 is 2.92 bits per heavy atom. The van der Waals surface area contributed by atoms with Crippen molar-refractivity contribution in [2.75, 3.05) is 0 Å². The van der Waals surface area contributed by atoms with Crippen LogP contribution in [0.2, 0.25) is 0 Å². The lowest BCUT2D eigenvalue weighted by molar-refractivity contribution is 0.407. The second-order valence-corrected chi connectivity index (χ2v) is 5.99. The number of aromatic hydroxyl groups is 1. The third-order valence-corrected chi connectivity index (χ3v) is 4.36. The second kappa shape index (κ2) is 5.65. The minimum atomic E-state index is 0.0843. The topological polar surface area (TPSA) is 66.5 Å². The van der Waals surface area contributed by atoms with Crippen molar-refractivity contribution in [1.82, 2.24) is 9.55 Å². The number of benzene rings is 1. The van der Waals surface area contributed by atoms with Gasteiger partial charge in [0.2, 0.25) is 5.88 Å². The van der Waals surface area contributed by atoms with Crippen LogP contribution >= 0.6 is 12.2 Å². The fourth-order valence-corrected chi connectivity index (χ4v) is 3.11. The van der Waals surface area contributed by atoms with Gasteiger partial charge in [0.25, 0.3) is 0 Å². The molecule has 1 aliphatic heterocycles. The first-order valence-electron chi connectivity index (χ1n) is 7.54. The highest BCUT2D eigenvalue weighted by Crippen LogP contribution is 2.36. The Bertz CT molecular complexity index is 1020. The number of nitrogens with one attached hydrogen (secondary N) is 1. The van der Waals surface area contributed by atoms with Crippen LogP contribution in [0.5, 0.6) is 5.88 Å². The summed E-state index contributed by atoms with van der Waals surface area (Å²) in [4.78, 5) is 7.61. The van der Waals surface area contributed by atoms with Gasteiger partial charge in [-0.1, -0.05) is 18.2 Å². The molecule has 0 fully saturated rings. The predicted octanol–water partition coefficient (Wildman–Crippen LogP) is 4.54.